The predicted molar refractivity (Wildman–Crippen MR) is 114 cm³/mol. The molecule has 0 fully saturated rings. The van der Waals surface area contributed by atoms with E-state index in [1.807, 2.05) is 12.1 Å². The van der Waals surface area contributed by atoms with Crippen LogP contribution in [-0.2, 0) is 6.61 Å². The van der Waals surface area contributed by atoms with Crippen molar-refractivity contribution < 1.29 is 24.2 Å². The molecule has 30 heavy (non-hydrogen) atoms. The van der Waals surface area contributed by atoms with E-state index in [2.05, 4.69) is 4.99 Å². The van der Waals surface area contributed by atoms with E-state index in [1.54, 1.807) is 55.8 Å². The average molecular weight is 403 g/mol. The van der Waals surface area contributed by atoms with Gasteiger partial charge in [0.2, 0.25) is 0 Å². The average Bonchev–Trinajstić information content (AvgIpc) is 2.76. The normalized spacial score (nSPS) is 10.7. The molecule has 152 valence electrons. The van der Waals surface area contributed by atoms with E-state index in [4.69, 9.17) is 14.6 Å². The molecule has 0 amide bonds. The van der Waals surface area contributed by atoms with Crippen molar-refractivity contribution in [1.29, 1.82) is 0 Å². The number of ether oxygens (including phenoxy) is 2. The summed E-state index contributed by atoms with van der Waals surface area (Å²) in [5.41, 5.74) is 3.12. The highest BCUT2D eigenvalue weighted by Crippen LogP contribution is 2.31. The monoisotopic (exact) mass is 403 g/mol. The zero-order chi connectivity index (χ0) is 21.5. The second-order valence-electron chi connectivity index (χ2n) is 6.53. The molecule has 0 bridgehead atoms. The minimum Gasteiger partial charge on any atom is -0.493 e. The molecule has 0 heterocycles. The minimum atomic E-state index is -0.970. The molecule has 3 aromatic carbocycles. The molecule has 0 saturated heterocycles. The van der Waals surface area contributed by atoms with Crippen molar-refractivity contribution in [3.63, 3.8) is 0 Å². The number of nitrogens with zero attached hydrogens (tertiary/aromatic N) is 1. The number of benzene rings is 3. The quantitative estimate of drug-likeness (QED) is 0.426. The highest BCUT2D eigenvalue weighted by atomic mass is 16.5. The summed E-state index contributed by atoms with van der Waals surface area (Å²) in [6.07, 6.45) is 1.67. The van der Waals surface area contributed by atoms with Crippen LogP contribution in [0.1, 0.15) is 38.8 Å². The number of hydrogen-bond donors (Lipinski definition) is 1. The van der Waals surface area contributed by atoms with E-state index < -0.39 is 5.97 Å². The van der Waals surface area contributed by atoms with Gasteiger partial charge in [-0.3, -0.25) is 9.79 Å². The molecule has 6 heteroatoms. The molecule has 0 aromatic heterocycles. The van der Waals surface area contributed by atoms with Gasteiger partial charge in [-0.15, -0.1) is 0 Å². The Hall–Kier alpha value is -3.93. The number of carboxylic acid groups (broad SMARTS) is 1. The second kappa shape index (κ2) is 9.52. The lowest BCUT2D eigenvalue weighted by Crippen LogP contribution is -2.02. The Morgan fingerprint density at radius 2 is 1.63 bits per heavy atom. The summed E-state index contributed by atoms with van der Waals surface area (Å²) in [4.78, 5) is 26.8. The summed E-state index contributed by atoms with van der Waals surface area (Å²) < 4.78 is 11.4. The zero-order valence-electron chi connectivity index (χ0n) is 16.7. The molecule has 0 unspecified atom stereocenters. The number of carbonyl (C=O) groups excluding carboxylic acids is 1. The number of ketones is 1. The highest BCUT2D eigenvalue weighted by molar-refractivity contribution is 5.94. The Labute approximate surface area is 174 Å². The van der Waals surface area contributed by atoms with Gasteiger partial charge < -0.3 is 14.6 Å². The summed E-state index contributed by atoms with van der Waals surface area (Å²) >= 11 is 0. The number of carboxylic acids is 1. The molecule has 0 aliphatic rings. The van der Waals surface area contributed by atoms with Gasteiger partial charge in [0.1, 0.15) is 6.61 Å². The summed E-state index contributed by atoms with van der Waals surface area (Å²) in [6, 6.07) is 19.0. The fourth-order valence-corrected chi connectivity index (χ4v) is 2.78. The number of para-hydroxylation sites is 1. The Morgan fingerprint density at radius 1 is 0.967 bits per heavy atom. The van der Waals surface area contributed by atoms with Gasteiger partial charge in [0.15, 0.2) is 17.3 Å². The summed E-state index contributed by atoms with van der Waals surface area (Å²) in [6.45, 7) is 1.77. The number of aliphatic imine (C=N–C) groups is 1. The van der Waals surface area contributed by atoms with Crippen LogP contribution in [0.4, 0.5) is 5.69 Å². The largest absolute Gasteiger partial charge is 0.493 e. The van der Waals surface area contributed by atoms with Crippen LogP contribution in [0.2, 0.25) is 0 Å². The molecule has 0 atom stereocenters. The number of Topliss-reactive ketones (excluding diaryl/α,β-unsaturated/α-hetero) is 1. The van der Waals surface area contributed by atoms with E-state index in [0.29, 0.717) is 22.7 Å². The Bertz CT molecular complexity index is 1070. The van der Waals surface area contributed by atoms with Gasteiger partial charge in [0.05, 0.1) is 18.4 Å². The van der Waals surface area contributed by atoms with Crippen LogP contribution in [0.3, 0.4) is 0 Å². The molecule has 0 aliphatic carbocycles. The van der Waals surface area contributed by atoms with Gasteiger partial charge in [0.25, 0.3) is 0 Å². The number of hydrogen-bond acceptors (Lipinski definition) is 5. The first-order valence-corrected chi connectivity index (χ1v) is 9.25. The van der Waals surface area contributed by atoms with Crippen LogP contribution in [0.25, 0.3) is 0 Å². The van der Waals surface area contributed by atoms with E-state index in [0.717, 1.165) is 11.1 Å². The molecule has 0 aliphatic heterocycles. The third kappa shape index (κ3) is 5.11. The maximum absolute atomic E-state index is 11.4. The van der Waals surface area contributed by atoms with Crippen LogP contribution in [0.15, 0.2) is 71.7 Å². The first-order valence-electron chi connectivity index (χ1n) is 9.25. The van der Waals surface area contributed by atoms with Crippen LogP contribution in [-0.4, -0.2) is 30.2 Å². The summed E-state index contributed by atoms with van der Waals surface area (Å²) in [5, 5.41) is 9.00. The molecule has 0 spiro atoms. The van der Waals surface area contributed by atoms with Crippen LogP contribution in [0.5, 0.6) is 11.5 Å². The molecule has 6 nitrogen and oxygen atoms in total. The van der Waals surface area contributed by atoms with E-state index >= 15 is 0 Å². The number of carbonyl (C=O) groups is 2. The Morgan fingerprint density at radius 3 is 2.23 bits per heavy atom. The molecular weight excluding hydrogens is 382 g/mol. The maximum atomic E-state index is 11.4. The van der Waals surface area contributed by atoms with Crippen LogP contribution >= 0.6 is 0 Å². The number of rotatable bonds is 8. The van der Waals surface area contributed by atoms with Gasteiger partial charge in [-0.25, -0.2) is 4.79 Å². The SMILES string of the molecule is COc1cccc(C=Nc2ccc(C(C)=O)cc2)c1OCc1ccc(C(=O)O)cc1. The van der Waals surface area contributed by atoms with Crippen molar-refractivity contribution in [3.05, 3.63) is 89.0 Å². The van der Waals surface area contributed by atoms with Crippen molar-refractivity contribution in [3.8, 4) is 11.5 Å². The van der Waals surface area contributed by atoms with Gasteiger partial charge in [0, 0.05) is 17.3 Å². The fourth-order valence-electron chi connectivity index (χ4n) is 2.78. The smallest absolute Gasteiger partial charge is 0.335 e. The van der Waals surface area contributed by atoms with Gasteiger partial charge in [-0.05, 0) is 61.0 Å². The molecule has 0 saturated carbocycles. The van der Waals surface area contributed by atoms with E-state index in [9.17, 15) is 9.59 Å². The highest BCUT2D eigenvalue weighted by Gasteiger charge is 2.10. The molecule has 3 rings (SSSR count). The van der Waals surface area contributed by atoms with Gasteiger partial charge in [-0.2, -0.15) is 0 Å². The van der Waals surface area contributed by atoms with E-state index in [-0.39, 0.29) is 18.0 Å². The standard InChI is InChI=1S/C24H21NO5/c1-16(26)18-10-12-21(13-11-18)25-14-20-4-3-5-22(29-2)23(20)30-15-17-6-8-19(9-7-17)24(27)28/h3-14H,15H2,1-2H3,(H,27,28). The lowest BCUT2D eigenvalue weighted by molar-refractivity contribution is 0.0696. The lowest BCUT2D eigenvalue weighted by atomic mass is 10.1. The molecule has 0 radical (unpaired) electrons. The first-order chi connectivity index (χ1) is 14.5. The van der Waals surface area contributed by atoms with Crippen molar-refractivity contribution in [2.45, 2.75) is 13.5 Å². The second-order valence-corrected chi connectivity index (χ2v) is 6.53. The zero-order valence-corrected chi connectivity index (χ0v) is 16.7. The van der Waals surface area contributed by atoms with Gasteiger partial charge >= 0.3 is 5.97 Å². The Balaban J connectivity index is 1.80. The fraction of sp³-hybridized carbons (Fsp3) is 0.125. The number of methoxy groups -OCH3 is 1. The van der Waals surface area contributed by atoms with Crippen molar-refractivity contribution >= 4 is 23.7 Å². The summed E-state index contributed by atoms with van der Waals surface area (Å²) in [5.74, 6) is 0.131. The molecule has 3 aromatic rings. The maximum Gasteiger partial charge on any atom is 0.335 e. The minimum absolute atomic E-state index is 0.00500. The first kappa shape index (κ1) is 20.8. The Kier molecular flexibility index (Phi) is 6.60. The topological polar surface area (TPSA) is 85.2 Å². The van der Waals surface area contributed by atoms with Crippen LogP contribution in [0, 0.1) is 0 Å². The van der Waals surface area contributed by atoms with Crippen molar-refractivity contribution in [2.75, 3.05) is 7.11 Å². The predicted octanol–water partition coefficient (Wildman–Crippen LogP) is 4.93. The van der Waals surface area contributed by atoms with E-state index in [1.165, 1.54) is 19.1 Å². The van der Waals surface area contributed by atoms with Crippen LogP contribution < -0.4 is 9.47 Å². The third-order valence-corrected chi connectivity index (χ3v) is 4.44. The lowest BCUT2D eigenvalue weighted by Gasteiger charge is -2.13. The summed E-state index contributed by atoms with van der Waals surface area (Å²) in [7, 11) is 1.56. The number of aromatic carboxylic acids is 1. The van der Waals surface area contributed by atoms with Crippen molar-refractivity contribution in [2.24, 2.45) is 4.99 Å². The molecule has 1 N–H and O–H groups in total. The molecular formula is C24H21NO5. The van der Waals surface area contributed by atoms with Crippen molar-refractivity contribution in [1.82, 2.24) is 0 Å². The third-order valence-electron chi connectivity index (χ3n) is 4.44. The van der Waals surface area contributed by atoms with Gasteiger partial charge in [-0.1, -0.05) is 18.2 Å².